The number of hydrogen-bond acceptors (Lipinski definition) is 6. The molecule has 0 saturated carbocycles. The Labute approximate surface area is 146 Å². The number of hydrogen-bond donors (Lipinski definition) is 1. The Bertz CT molecular complexity index is 737. The molecule has 0 amide bonds. The zero-order chi connectivity index (χ0) is 15.6. The zero-order valence-corrected chi connectivity index (χ0v) is 15.0. The molecule has 1 aliphatic rings. The molecular weight excluding hydrogens is 358 g/mol. The van der Waals surface area contributed by atoms with Gasteiger partial charge in [0.05, 0.1) is 13.2 Å². The van der Waals surface area contributed by atoms with Gasteiger partial charge in [-0.3, -0.25) is 4.98 Å². The minimum absolute atomic E-state index is 0. The maximum Gasteiger partial charge on any atom is 0.256 e. The molecule has 1 unspecified atom stereocenters. The van der Waals surface area contributed by atoms with Crippen molar-refractivity contribution in [3.05, 3.63) is 41.5 Å². The summed E-state index contributed by atoms with van der Waals surface area (Å²) in [6.07, 6.45) is 3.40. The van der Waals surface area contributed by atoms with E-state index in [4.69, 9.17) is 4.74 Å². The predicted molar refractivity (Wildman–Crippen MR) is 91.9 cm³/mol. The summed E-state index contributed by atoms with van der Waals surface area (Å²) in [7, 11) is -2.12. The lowest BCUT2D eigenvalue weighted by molar-refractivity contribution is 0.270. The molecule has 1 N–H and O–H groups in total. The van der Waals surface area contributed by atoms with Crippen molar-refractivity contribution in [2.45, 2.75) is 10.3 Å². The van der Waals surface area contributed by atoms with Gasteiger partial charge in [0.2, 0.25) is 0 Å². The van der Waals surface area contributed by atoms with Gasteiger partial charge in [-0.05, 0) is 23.1 Å². The summed E-state index contributed by atoms with van der Waals surface area (Å²) in [5.41, 5.74) is 0.883. The highest BCUT2D eigenvalue weighted by Gasteiger charge is 2.36. The molecule has 6 nitrogen and oxygen atoms in total. The Balaban J connectivity index is 0.00000192. The van der Waals surface area contributed by atoms with Crippen molar-refractivity contribution in [3.8, 4) is 5.75 Å². The molecule has 2 aromatic heterocycles. The molecule has 0 aromatic carbocycles. The summed E-state index contributed by atoms with van der Waals surface area (Å²) in [5, 5.41) is 4.98. The molecule has 23 heavy (non-hydrogen) atoms. The first-order valence-electron chi connectivity index (χ1n) is 6.88. The second kappa shape index (κ2) is 7.59. The van der Waals surface area contributed by atoms with Gasteiger partial charge in [0, 0.05) is 32.0 Å². The first kappa shape index (κ1) is 18.2. The van der Waals surface area contributed by atoms with E-state index in [0.717, 1.165) is 5.56 Å². The van der Waals surface area contributed by atoms with Crippen LogP contribution in [0.25, 0.3) is 0 Å². The number of nitrogens with zero attached hydrogens (tertiary/aromatic N) is 2. The highest BCUT2D eigenvalue weighted by Crippen LogP contribution is 2.36. The summed E-state index contributed by atoms with van der Waals surface area (Å²) in [6.45, 7) is 1.62. The lowest BCUT2D eigenvalue weighted by atomic mass is 10.1. The molecule has 0 aliphatic carbocycles. The van der Waals surface area contributed by atoms with Crippen LogP contribution in [0.3, 0.4) is 0 Å². The molecule has 0 bridgehead atoms. The van der Waals surface area contributed by atoms with Crippen LogP contribution < -0.4 is 10.1 Å². The number of nitrogens with one attached hydrogen (secondary N) is 1. The second-order valence-corrected chi connectivity index (χ2v) is 7.90. The van der Waals surface area contributed by atoms with Crippen molar-refractivity contribution in [1.29, 1.82) is 0 Å². The number of ether oxygens (including phenoxy) is 1. The van der Waals surface area contributed by atoms with Crippen LogP contribution in [-0.2, 0) is 10.0 Å². The summed E-state index contributed by atoms with van der Waals surface area (Å²) in [6, 6.07) is 5.14. The van der Waals surface area contributed by atoms with E-state index in [-0.39, 0.29) is 22.7 Å². The third kappa shape index (κ3) is 3.51. The largest absolute Gasteiger partial charge is 0.494 e. The fraction of sp³-hybridized carbons (Fsp3) is 0.357. The van der Waals surface area contributed by atoms with E-state index in [0.29, 0.717) is 25.4 Å². The normalized spacial score (nSPS) is 19.1. The van der Waals surface area contributed by atoms with Gasteiger partial charge in [-0.2, -0.15) is 4.31 Å². The molecule has 126 valence electrons. The second-order valence-electron chi connectivity index (χ2n) is 4.90. The first-order valence-corrected chi connectivity index (χ1v) is 9.20. The van der Waals surface area contributed by atoms with E-state index in [9.17, 15) is 8.42 Å². The third-order valence-electron chi connectivity index (χ3n) is 3.62. The maximum atomic E-state index is 13.0. The van der Waals surface area contributed by atoms with Crippen LogP contribution in [0.1, 0.15) is 11.6 Å². The number of rotatable bonds is 4. The molecule has 0 spiro atoms. The molecule has 3 heterocycles. The standard InChI is InChI=1S/C14H17N3O3S2.ClH/c1-20-13-4-8-21-14(13)22(18,19)17-7-6-16-10-12(17)11-3-2-5-15-9-11;/h2-5,8-9,12,16H,6-7,10H2,1H3;1H. The minimum atomic E-state index is -3.60. The zero-order valence-electron chi connectivity index (χ0n) is 12.5. The lowest BCUT2D eigenvalue weighted by Gasteiger charge is -2.35. The van der Waals surface area contributed by atoms with Gasteiger partial charge in [0.25, 0.3) is 10.0 Å². The number of thiophene rings is 1. The Kier molecular flexibility index (Phi) is 5.99. The first-order chi connectivity index (χ1) is 10.6. The quantitative estimate of drug-likeness (QED) is 0.883. The fourth-order valence-electron chi connectivity index (χ4n) is 2.56. The Morgan fingerprint density at radius 2 is 2.26 bits per heavy atom. The molecule has 2 aromatic rings. The minimum Gasteiger partial charge on any atom is -0.494 e. The van der Waals surface area contributed by atoms with E-state index in [1.165, 1.54) is 22.8 Å². The van der Waals surface area contributed by atoms with Gasteiger partial charge >= 0.3 is 0 Å². The molecule has 1 atom stereocenters. The van der Waals surface area contributed by atoms with Crippen LogP contribution in [0.5, 0.6) is 5.75 Å². The Morgan fingerprint density at radius 1 is 1.43 bits per heavy atom. The van der Waals surface area contributed by atoms with Crippen molar-refractivity contribution in [2.75, 3.05) is 26.7 Å². The van der Waals surface area contributed by atoms with Crippen molar-refractivity contribution >= 4 is 33.8 Å². The number of halogens is 1. The van der Waals surface area contributed by atoms with Crippen molar-refractivity contribution in [1.82, 2.24) is 14.6 Å². The predicted octanol–water partition coefficient (Wildman–Crippen LogP) is 1.91. The molecule has 1 saturated heterocycles. The lowest BCUT2D eigenvalue weighted by Crippen LogP contribution is -2.48. The molecular formula is C14H18ClN3O3S2. The molecule has 9 heteroatoms. The summed E-state index contributed by atoms with van der Waals surface area (Å²) in [4.78, 5) is 4.10. The summed E-state index contributed by atoms with van der Waals surface area (Å²) in [5.74, 6) is 0.397. The van der Waals surface area contributed by atoms with Crippen LogP contribution in [0.2, 0.25) is 0 Å². The van der Waals surface area contributed by atoms with Gasteiger partial charge in [0.1, 0.15) is 5.75 Å². The van der Waals surface area contributed by atoms with Crippen molar-refractivity contribution < 1.29 is 13.2 Å². The average molecular weight is 376 g/mol. The van der Waals surface area contributed by atoms with Crippen LogP contribution in [-0.4, -0.2) is 44.5 Å². The van der Waals surface area contributed by atoms with Gasteiger partial charge < -0.3 is 10.1 Å². The summed E-state index contributed by atoms with van der Waals surface area (Å²) >= 11 is 1.18. The fourth-order valence-corrected chi connectivity index (χ4v) is 5.56. The molecule has 1 aliphatic heterocycles. The maximum absolute atomic E-state index is 13.0. The van der Waals surface area contributed by atoms with E-state index in [2.05, 4.69) is 10.3 Å². The summed E-state index contributed by atoms with van der Waals surface area (Å²) < 4.78 is 33.0. The Hall–Kier alpha value is -1.19. The number of methoxy groups -OCH3 is 1. The van der Waals surface area contributed by atoms with Gasteiger partial charge in [-0.1, -0.05) is 6.07 Å². The van der Waals surface area contributed by atoms with E-state index < -0.39 is 10.0 Å². The Morgan fingerprint density at radius 3 is 2.96 bits per heavy atom. The van der Waals surface area contributed by atoms with Gasteiger partial charge in [0.15, 0.2) is 4.21 Å². The van der Waals surface area contributed by atoms with E-state index in [1.807, 2.05) is 12.1 Å². The van der Waals surface area contributed by atoms with Crippen molar-refractivity contribution in [3.63, 3.8) is 0 Å². The highest BCUT2D eigenvalue weighted by molar-refractivity contribution is 7.91. The van der Waals surface area contributed by atoms with Gasteiger partial charge in [-0.15, -0.1) is 23.7 Å². The third-order valence-corrected chi connectivity index (χ3v) is 6.95. The molecule has 1 fully saturated rings. The smallest absolute Gasteiger partial charge is 0.256 e. The average Bonchev–Trinajstić information content (AvgIpc) is 3.05. The molecule has 0 radical (unpaired) electrons. The highest BCUT2D eigenvalue weighted by atomic mass is 35.5. The SMILES string of the molecule is COc1ccsc1S(=O)(=O)N1CCNCC1c1cccnc1.Cl. The van der Waals surface area contributed by atoms with E-state index >= 15 is 0 Å². The van der Waals surface area contributed by atoms with E-state index in [1.54, 1.807) is 23.8 Å². The van der Waals surface area contributed by atoms with Crippen molar-refractivity contribution in [2.24, 2.45) is 0 Å². The van der Waals surface area contributed by atoms with Crippen LogP contribution in [0.4, 0.5) is 0 Å². The van der Waals surface area contributed by atoms with Crippen LogP contribution in [0, 0.1) is 0 Å². The number of pyridine rings is 1. The monoisotopic (exact) mass is 375 g/mol. The number of sulfonamides is 1. The molecule has 3 rings (SSSR count). The number of aromatic nitrogens is 1. The topological polar surface area (TPSA) is 71.5 Å². The van der Waals surface area contributed by atoms with Crippen LogP contribution >= 0.6 is 23.7 Å². The van der Waals surface area contributed by atoms with Gasteiger partial charge in [-0.25, -0.2) is 8.42 Å². The van der Waals surface area contributed by atoms with Crippen LogP contribution in [0.15, 0.2) is 40.2 Å². The number of piperazine rings is 1.